The number of nitrogens with zero attached hydrogens (tertiary/aromatic N) is 1. The zero-order valence-electron chi connectivity index (χ0n) is 16.0. The van der Waals surface area contributed by atoms with E-state index in [4.69, 9.17) is 9.15 Å². The average molecular weight is 379 g/mol. The first-order valence-electron chi connectivity index (χ1n) is 9.61. The Labute approximate surface area is 164 Å². The maximum absolute atomic E-state index is 12.5. The van der Waals surface area contributed by atoms with Crippen LogP contribution in [-0.2, 0) is 4.74 Å². The number of urea groups is 1. The normalized spacial score (nSPS) is 16.0. The molecule has 0 aliphatic carbocycles. The standard InChI is InChI=1S/C22H25N3O3/c1-16-6-9-21(28-16)20(25-10-12-27-13-11-25)15-23-22(26)24-19-8-7-17-4-2-3-5-18(17)14-19/h2-9,14,20H,10-13,15H2,1H3,(H2,23,24,26). The van der Waals surface area contributed by atoms with Crippen LogP contribution < -0.4 is 10.6 Å². The van der Waals surface area contributed by atoms with Crippen LogP contribution in [-0.4, -0.2) is 43.8 Å². The van der Waals surface area contributed by atoms with Gasteiger partial charge in [0.05, 0.1) is 19.3 Å². The number of benzene rings is 2. The molecule has 6 nitrogen and oxygen atoms in total. The molecule has 0 spiro atoms. The van der Waals surface area contributed by atoms with Gasteiger partial charge in [-0.05, 0) is 42.0 Å². The number of carbonyl (C=O) groups is 1. The number of furan rings is 1. The fourth-order valence-corrected chi connectivity index (χ4v) is 3.56. The lowest BCUT2D eigenvalue weighted by Gasteiger charge is -2.33. The molecule has 1 atom stereocenters. The summed E-state index contributed by atoms with van der Waals surface area (Å²) in [6.45, 7) is 5.42. The molecule has 2 N–H and O–H groups in total. The van der Waals surface area contributed by atoms with E-state index in [2.05, 4.69) is 21.6 Å². The van der Waals surface area contributed by atoms with Crippen LogP contribution in [0.5, 0.6) is 0 Å². The fourth-order valence-electron chi connectivity index (χ4n) is 3.56. The lowest BCUT2D eigenvalue weighted by molar-refractivity contribution is 0.0122. The molecule has 1 saturated heterocycles. The van der Waals surface area contributed by atoms with Crippen LogP contribution >= 0.6 is 0 Å². The summed E-state index contributed by atoms with van der Waals surface area (Å²) in [4.78, 5) is 14.8. The molecule has 1 aliphatic rings. The van der Waals surface area contributed by atoms with Crippen molar-refractivity contribution in [3.05, 3.63) is 66.1 Å². The summed E-state index contributed by atoms with van der Waals surface area (Å²) in [6, 6.07) is 17.7. The van der Waals surface area contributed by atoms with Gasteiger partial charge in [-0.1, -0.05) is 30.3 Å². The first-order chi connectivity index (χ1) is 13.7. The quantitative estimate of drug-likeness (QED) is 0.705. The Morgan fingerprint density at radius 3 is 2.61 bits per heavy atom. The number of hydrogen-bond donors (Lipinski definition) is 2. The van der Waals surface area contributed by atoms with E-state index in [0.29, 0.717) is 19.8 Å². The summed E-state index contributed by atoms with van der Waals surface area (Å²) in [5, 5.41) is 8.16. The van der Waals surface area contributed by atoms with Crippen LogP contribution in [0.1, 0.15) is 17.6 Å². The van der Waals surface area contributed by atoms with E-state index in [0.717, 1.165) is 41.1 Å². The molecule has 1 unspecified atom stereocenters. The van der Waals surface area contributed by atoms with E-state index < -0.39 is 0 Å². The number of fused-ring (bicyclic) bond motifs is 1. The Morgan fingerprint density at radius 2 is 1.86 bits per heavy atom. The molecular formula is C22H25N3O3. The van der Waals surface area contributed by atoms with Gasteiger partial charge in [-0.2, -0.15) is 0 Å². The number of carbonyl (C=O) groups excluding carboxylic acids is 1. The highest BCUT2D eigenvalue weighted by atomic mass is 16.5. The second-order valence-corrected chi connectivity index (χ2v) is 7.01. The van der Waals surface area contributed by atoms with E-state index in [-0.39, 0.29) is 12.1 Å². The molecule has 2 heterocycles. The summed E-state index contributed by atoms with van der Waals surface area (Å²) < 4.78 is 11.3. The third kappa shape index (κ3) is 4.35. The molecule has 1 fully saturated rings. The van der Waals surface area contributed by atoms with E-state index in [1.165, 1.54) is 0 Å². The van der Waals surface area contributed by atoms with Crippen LogP contribution in [0.2, 0.25) is 0 Å². The molecule has 1 aromatic heterocycles. The van der Waals surface area contributed by atoms with E-state index in [1.54, 1.807) is 0 Å². The van der Waals surface area contributed by atoms with Gasteiger partial charge in [0.2, 0.25) is 0 Å². The molecule has 4 rings (SSSR count). The smallest absolute Gasteiger partial charge is 0.319 e. The van der Waals surface area contributed by atoms with Gasteiger partial charge in [0.25, 0.3) is 0 Å². The number of aryl methyl sites for hydroxylation is 1. The third-order valence-electron chi connectivity index (χ3n) is 5.04. The van der Waals surface area contributed by atoms with E-state index >= 15 is 0 Å². The molecule has 146 valence electrons. The highest BCUT2D eigenvalue weighted by Crippen LogP contribution is 2.23. The Balaban J connectivity index is 1.41. The molecule has 6 heteroatoms. The van der Waals surface area contributed by atoms with Crippen molar-refractivity contribution in [3.63, 3.8) is 0 Å². The molecule has 0 saturated carbocycles. The zero-order chi connectivity index (χ0) is 19.3. The Bertz CT molecular complexity index is 947. The molecule has 1 aliphatic heterocycles. The summed E-state index contributed by atoms with van der Waals surface area (Å²) in [7, 11) is 0. The zero-order valence-corrected chi connectivity index (χ0v) is 16.0. The van der Waals surface area contributed by atoms with Gasteiger partial charge in [0, 0.05) is 25.3 Å². The number of amides is 2. The summed E-state index contributed by atoms with van der Waals surface area (Å²) in [5.41, 5.74) is 0.771. The summed E-state index contributed by atoms with van der Waals surface area (Å²) in [5.74, 6) is 1.74. The topological polar surface area (TPSA) is 66.7 Å². The number of ether oxygens (including phenoxy) is 1. The maximum Gasteiger partial charge on any atom is 0.319 e. The Kier molecular flexibility index (Phi) is 5.60. The van der Waals surface area contributed by atoms with Gasteiger partial charge < -0.3 is 19.8 Å². The molecule has 28 heavy (non-hydrogen) atoms. The molecule has 0 radical (unpaired) electrons. The van der Waals surface area contributed by atoms with Crippen molar-refractivity contribution in [2.45, 2.75) is 13.0 Å². The minimum Gasteiger partial charge on any atom is -0.465 e. The maximum atomic E-state index is 12.5. The highest BCUT2D eigenvalue weighted by molar-refractivity contribution is 5.93. The molecule has 0 bridgehead atoms. The number of anilines is 1. The van der Waals surface area contributed by atoms with Crippen molar-refractivity contribution in [1.29, 1.82) is 0 Å². The largest absolute Gasteiger partial charge is 0.465 e. The minimum atomic E-state index is -0.225. The van der Waals surface area contributed by atoms with Gasteiger partial charge in [-0.25, -0.2) is 4.79 Å². The molecular weight excluding hydrogens is 354 g/mol. The predicted octanol–water partition coefficient (Wildman–Crippen LogP) is 3.94. The average Bonchev–Trinajstić information content (AvgIpc) is 3.15. The van der Waals surface area contributed by atoms with Gasteiger partial charge in [-0.15, -0.1) is 0 Å². The van der Waals surface area contributed by atoms with E-state index in [9.17, 15) is 4.79 Å². The fraction of sp³-hybridized carbons (Fsp3) is 0.318. The molecule has 2 aromatic carbocycles. The monoisotopic (exact) mass is 379 g/mol. The highest BCUT2D eigenvalue weighted by Gasteiger charge is 2.25. The Hall–Kier alpha value is -2.83. The lowest BCUT2D eigenvalue weighted by Crippen LogP contribution is -2.44. The first-order valence-corrected chi connectivity index (χ1v) is 9.61. The number of nitrogens with one attached hydrogen (secondary N) is 2. The Morgan fingerprint density at radius 1 is 1.07 bits per heavy atom. The van der Waals surface area contributed by atoms with Crippen LogP contribution in [0.4, 0.5) is 10.5 Å². The van der Waals surface area contributed by atoms with E-state index in [1.807, 2.05) is 55.5 Å². The van der Waals surface area contributed by atoms with Crippen LogP contribution in [0, 0.1) is 6.92 Å². The first kappa shape index (κ1) is 18.5. The van der Waals surface area contributed by atoms with Crippen LogP contribution in [0.3, 0.4) is 0 Å². The van der Waals surface area contributed by atoms with Crippen molar-refractivity contribution in [2.75, 3.05) is 38.2 Å². The van der Waals surface area contributed by atoms with Gasteiger partial charge in [0.1, 0.15) is 11.5 Å². The summed E-state index contributed by atoms with van der Waals surface area (Å²) in [6.07, 6.45) is 0. The predicted molar refractivity (Wildman–Crippen MR) is 110 cm³/mol. The van der Waals surface area contributed by atoms with Crippen LogP contribution in [0.25, 0.3) is 10.8 Å². The van der Waals surface area contributed by atoms with Crippen molar-refractivity contribution in [3.8, 4) is 0 Å². The van der Waals surface area contributed by atoms with Crippen molar-refractivity contribution < 1.29 is 13.9 Å². The second-order valence-electron chi connectivity index (χ2n) is 7.01. The third-order valence-corrected chi connectivity index (χ3v) is 5.04. The van der Waals surface area contributed by atoms with Crippen molar-refractivity contribution in [1.82, 2.24) is 10.2 Å². The summed E-state index contributed by atoms with van der Waals surface area (Å²) >= 11 is 0. The molecule has 3 aromatic rings. The molecule has 2 amide bonds. The number of morpholine rings is 1. The van der Waals surface area contributed by atoms with Gasteiger partial charge in [-0.3, -0.25) is 4.90 Å². The van der Waals surface area contributed by atoms with Crippen LogP contribution in [0.15, 0.2) is 59.0 Å². The lowest BCUT2D eigenvalue weighted by atomic mass is 10.1. The number of hydrogen-bond acceptors (Lipinski definition) is 4. The SMILES string of the molecule is Cc1ccc(C(CNC(=O)Nc2ccc3ccccc3c2)N2CCOCC2)o1. The van der Waals surface area contributed by atoms with Gasteiger partial charge >= 0.3 is 6.03 Å². The van der Waals surface area contributed by atoms with Crippen molar-refractivity contribution in [2.24, 2.45) is 0 Å². The minimum absolute atomic E-state index is 0.0139. The second kappa shape index (κ2) is 8.46. The van der Waals surface area contributed by atoms with Gasteiger partial charge in [0.15, 0.2) is 0 Å². The van der Waals surface area contributed by atoms with Crippen molar-refractivity contribution >= 4 is 22.5 Å². The number of rotatable bonds is 5.